The van der Waals surface area contributed by atoms with Gasteiger partial charge in [0, 0.05) is 24.2 Å². The fourth-order valence-corrected chi connectivity index (χ4v) is 3.41. The van der Waals surface area contributed by atoms with E-state index in [1.807, 2.05) is 0 Å². The molecule has 2 N–H and O–H groups in total. The van der Waals surface area contributed by atoms with E-state index in [9.17, 15) is 18.0 Å². The van der Waals surface area contributed by atoms with E-state index in [2.05, 4.69) is 17.6 Å². The van der Waals surface area contributed by atoms with Gasteiger partial charge in [-0.25, -0.2) is 0 Å². The van der Waals surface area contributed by atoms with Gasteiger partial charge in [-0.1, -0.05) is 13.3 Å². The molecule has 1 aromatic rings. The van der Waals surface area contributed by atoms with Crippen molar-refractivity contribution in [3.63, 3.8) is 0 Å². The lowest BCUT2D eigenvalue weighted by atomic mass is 9.89. The molecule has 6 heteroatoms. The second kappa shape index (κ2) is 5.57. The van der Waals surface area contributed by atoms with E-state index in [-0.39, 0.29) is 23.7 Å². The van der Waals surface area contributed by atoms with Gasteiger partial charge in [-0.05, 0) is 42.5 Å². The van der Waals surface area contributed by atoms with Gasteiger partial charge >= 0.3 is 6.18 Å². The number of amides is 1. The molecule has 1 amide bonds. The van der Waals surface area contributed by atoms with Crippen LogP contribution in [0.1, 0.15) is 65.7 Å². The van der Waals surface area contributed by atoms with Crippen molar-refractivity contribution in [2.45, 2.75) is 57.4 Å². The molecule has 0 spiro atoms. The average molecular weight is 312 g/mol. The van der Waals surface area contributed by atoms with Gasteiger partial charge in [0.05, 0.1) is 5.56 Å². The minimum atomic E-state index is -4.44. The van der Waals surface area contributed by atoms with Crippen LogP contribution in [0.15, 0.2) is 12.1 Å². The number of nitrogens with one attached hydrogen (secondary N) is 2. The molecule has 1 aromatic carbocycles. The Morgan fingerprint density at radius 3 is 2.73 bits per heavy atom. The third-order valence-electron chi connectivity index (χ3n) is 4.63. The van der Waals surface area contributed by atoms with Crippen molar-refractivity contribution in [1.29, 1.82) is 0 Å². The van der Waals surface area contributed by atoms with Crippen LogP contribution < -0.4 is 10.6 Å². The van der Waals surface area contributed by atoms with Crippen LogP contribution >= 0.6 is 0 Å². The summed E-state index contributed by atoms with van der Waals surface area (Å²) in [5.41, 5.74) is 0.134. The molecule has 120 valence electrons. The molecule has 2 atom stereocenters. The Balaban J connectivity index is 2.02. The number of hydrogen-bond acceptors (Lipinski definition) is 2. The normalized spacial score (nSPS) is 25.0. The first kappa shape index (κ1) is 15.3. The summed E-state index contributed by atoms with van der Waals surface area (Å²) in [5.74, 6) is -0.412. The molecule has 1 fully saturated rings. The number of benzene rings is 1. The predicted molar refractivity (Wildman–Crippen MR) is 76.4 cm³/mol. The van der Waals surface area contributed by atoms with Gasteiger partial charge in [0.2, 0.25) is 0 Å². The lowest BCUT2D eigenvalue weighted by Gasteiger charge is -2.31. The molecule has 0 radical (unpaired) electrons. The van der Waals surface area contributed by atoms with Gasteiger partial charge in [0.15, 0.2) is 0 Å². The third kappa shape index (κ3) is 2.72. The second-order valence-electron chi connectivity index (χ2n) is 6.03. The minimum absolute atomic E-state index is 0.0427. The zero-order valence-corrected chi connectivity index (χ0v) is 12.4. The van der Waals surface area contributed by atoms with Crippen LogP contribution in [0.3, 0.4) is 0 Å². The fourth-order valence-electron chi connectivity index (χ4n) is 3.41. The van der Waals surface area contributed by atoms with Gasteiger partial charge in [0.25, 0.3) is 5.91 Å². The van der Waals surface area contributed by atoms with Crippen molar-refractivity contribution < 1.29 is 18.0 Å². The Hall–Kier alpha value is -1.56. The summed E-state index contributed by atoms with van der Waals surface area (Å²) < 4.78 is 39.9. The Kier molecular flexibility index (Phi) is 3.89. The summed E-state index contributed by atoms with van der Waals surface area (Å²) >= 11 is 0. The summed E-state index contributed by atoms with van der Waals surface area (Å²) in [6.07, 6.45) is -0.654. The van der Waals surface area contributed by atoms with Crippen molar-refractivity contribution in [3.05, 3.63) is 34.4 Å². The number of fused-ring (bicyclic) bond motifs is 1. The van der Waals surface area contributed by atoms with Crippen molar-refractivity contribution in [2.24, 2.45) is 0 Å². The number of carbonyl (C=O) groups excluding carboxylic acids is 1. The minimum Gasteiger partial charge on any atom is -0.348 e. The van der Waals surface area contributed by atoms with Gasteiger partial charge in [-0.3, -0.25) is 4.79 Å². The summed E-state index contributed by atoms with van der Waals surface area (Å²) in [6.45, 7) is 2.02. The highest BCUT2D eigenvalue weighted by molar-refractivity contribution is 5.99. The lowest BCUT2D eigenvalue weighted by molar-refractivity contribution is -0.138. The highest BCUT2D eigenvalue weighted by Gasteiger charge is 2.38. The molecular formula is C16H19F3N2O. The topological polar surface area (TPSA) is 41.1 Å². The lowest BCUT2D eigenvalue weighted by Crippen LogP contribution is -2.36. The van der Waals surface area contributed by atoms with E-state index in [0.29, 0.717) is 11.6 Å². The smallest absolute Gasteiger partial charge is 0.348 e. The fraction of sp³-hybridized carbons (Fsp3) is 0.562. The SMILES string of the molecule is CCC1CCCC(c2cc3c(c(C(F)(F)F)c2)CNC3=O)N1. The molecular weight excluding hydrogens is 293 g/mol. The van der Waals surface area contributed by atoms with Crippen LogP contribution in [-0.4, -0.2) is 11.9 Å². The number of piperidine rings is 1. The Bertz CT molecular complexity index is 598. The third-order valence-corrected chi connectivity index (χ3v) is 4.63. The van der Waals surface area contributed by atoms with Crippen LogP contribution in [0.4, 0.5) is 13.2 Å². The van der Waals surface area contributed by atoms with Crippen molar-refractivity contribution in [1.82, 2.24) is 10.6 Å². The molecule has 2 aliphatic rings. The molecule has 2 aliphatic heterocycles. The van der Waals surface area contributed by atoms with Gasteiger partial charge in [0.1, 0.15) is 0 Å². The quantitative estimate of drug-likeness (QED) is 0.877. The maximum absolute atomic E-state index is 13.3. The van der Waals surface area contributed by atoms with E-state index in [1.54, 1.807) is 6.07 Å². The van der Waals surface area contributed by atoms with Crippen molar-refractivity contribution in [3.8, 4) is 0 Å². The average Bonchev–Trinajstić information content (AvgIpc) is 2.87. The summed E-state index contributed by atoms with van der Waals surface area (Å²) in [4.78, 5) is 11.8. The van der Waals surface area contributed by atoms with E-state index < -0.39 is 17.6 Å². The highest BCUT2D eigenvalue weighted by Crippen LogP contribution is 2.38. The number of halogens is 3. The number of hydrogen-bond donors (Lipinski definition) is 2. The van der Waals surface area contributed by atoms with Crippen LogP contribution in [0.25, 0.3) is 0 Å². The Morgan fingerprint density at radius 1 is 1.27 bits per heavy atom. The van der Waals surface area contributed by atoms with Crippen molar-refractivity contribution in [2.75, 3.05) is 0 Å². The highest BCUT2D eigenvalue weighted by atomic mass is 19.4. The molecule has 3 nitrogen and oxygen atoms in total. The van der Waals surface area contributed by atoms with E-state index in [4.69, 9.17) is 0 Å². The first-order valence-electron chi connectivity index (χ1n) is 7.68. The van der Waals surface area contributed by atoms with E-state index in [0.717, 1.165) is 25.7 Å². The maximum Gasteiger partial charge on any atom is 0.416 e. The van der Waals surface area contributed by atoms with Gasteiger partial charge in [-0.2, -0.15) is 13.2 Å². The first-order valence-corrected chi connectivity index (χ1v) is 7.68. The molecule has 3 rings (SSSR count). The summed E-state index contributed by atoms with van der Waals surface area (Å²) in [5, 5.41) is 5.89. The van der Waals surface area contributed by atoms with E-state index in [1.165, 1.54) is 6.07 Å². The largest absolute Gasteiger partial charge is 0.416 e. The second-order valence-corrected chi connectivity index (χ2v) is 6.03. The molecule has 0 aromatic heterocycles. The van der Waals surface area contributed by atoms with Crippen LogP contribution in [0.2, 0.25) is 0 Å². The first-order chi connectivity index (χ1) is 10.4. The van der Waals surface area contributed by atoms with E-state index >= 15 is 0 Å². The molecule has 1 saturated heterocycles. The summed E-state index contributed by atoms with van der Waals surface area (Å²) in [7, 11) is 0. The zero-order valence-electron chi connectivity index (χ0n) is 12.4. The standard InChI is InChI=1S/C16H19F3N2O/c1-2-10-4-3-5-14(21-10)9-6-11-12(8-20-15(11)22)13(7-9)16(17,18)19/h6-7,10,14,21H,2-5,8H2,1H3,(H,20,22). The Morgan fingerprint density at radius 2 is 2.05 bits per heavy atom. The number of carbonyl (C=O) groups is 1. The number of alkyl halides is 3. The van der Waals surface area contributed by atoms with Gasteiger partial charge in [-0.15, -0.1) is 0 Å². The number of rotatable bonds is 2. The molecule has 0 aliphatic carbocycles. The molecule has 2 unspecified atom stereocenters. The zero-order chi connectivity index (χ0) is 15.9. The predicted octanol–water partition coefficient (Wildman–Crippen LogP) is 3.54. The van der Waals surface area contributed by atoms with Crippen molar-refractivity contribution >= 4 is 5.91 Å². The van der Waals surface area contributed by atoms with Gasteiger partial charge < -0.3 is 10.6 Å². The summed E-state index contributed by atoms with van der Waals surface area (Å²) in [6, 6.07) is 3.06. The molecule has 2 heterocycles. The molecule has 0 bridgehead atoms. The monoisotopic (exact) mass is 312 g/mol. The van der Waals surface area contributed by atoms with Crippen LogP contribution in [0.5, 0.6) is 0 Å². The molecule has 0 saturated carbocycles. The Labute approximate surface area is 127 Å². The van der Waals surface area contributed by atoms with Crippen LogP contribution in [-0.2, 0) is 12.7 Å². The van der Waals surface area contributed by atoms with Crippen LogP contribution in [0, 0.1) is 0 Å². The maximum atomic E-state index is 13.3. The molecule has 22 heavy (non-hydrogen) atoms.